The van der Waals surface area contributed by atoms with E-state index in [1.807, 2.05) is 0 Å². The van der Waals surface area contributed by atoms with Gasteiger partial charge in [-0.2, -0.15) is 4.31 Å². The van der Waals surface area contributed by atoms with Crippen molar-refractivity contribution in [2.75, 3.05) is 31.9 Å². The zero-order chi connectivity index (χ0) is 15.0. The molecule has 1 atom stereocenters. The number of nitrogens with zero attached hydrogens (tertiary/aromatic N) is 2. The monoisotopic (exact) mass is 373 g/mol. The summed E-state index contributed by atoms with van der Waals surface area (Å²) >= 11 is 3.34. The summed E-state index contributed by atoms with van der Waals surface area (Å²) in [6.07, 6.45) is 3.14. The van der Waals surface area contributed by atoms with E-state index in [-0.39, 0.29) is 4.90 Å². The van der Waals surface area contributed by atoms with Gasteiger partial charge >= 0.3 is 0 Å². The number of halogens is 1. The molecular formula is C14H20BrN3O2S. The highest BCUT2D eigenvalue weighted by Crippen LogP contribution is 2.30. The summed E-state index contributed by atoms with van der Waals surface area (Å²) in [6, 6.07) is 5.30. The van der Waals surface area contributed by atoms with Crippen molar-refractivity contribution in [3.63, 3.8) is 0 Å². The molecule has 0 radical (unpaired) electrons. The molecule has 5 nitrogen and oxygen atoms in total. The van der Waals surface area contributed by atoms with Crippen LogP contribution in [0.1, 0.15) is 19.3 Å². The molecule has 2 aliphatic heterocycles. The van der Waals surface area contributed by atoms with Crippen LogP contribution in [-0.2, 0) is 10.0 Å². The topological polar surface area (TPSA) is 66.6 Å². The number of rotatable bonds is 2. The van der Waals surface area contributed by atoms with Gasteiger partial charge in [0, 0.05) is 29.3 Å². The quantitative estimate of drug-likeness (QED) is 0.803. The van der Waals surface area contributed by atoms with E-state index in [1.165, 1.54) is 12.5 Å². The fourth-order valence-electron chi connectivity index (χ4n) is 3.25. The fraction of sp³-hybridized carbons (Fsp3) is 0.571. The summed E-state index contributed by atoms with van der Waals surface area (Å²) in [4.78, 5) is 2.69. The van der Waals surface area contributed by atoms with Crippen molar-refractivity contribution in [2.24, 2.45) is 0 Å². The molecule has 2 N–H and O–H groups in total. The van der Waals surface area contributed by atoms with Crippen molar-refractivity contribution < 1.29 is 8.42 Å². The molecule has 0 saturated carbocycles. The van der Waals surface area contributed by atoms with Gasteiger partial charge < -0.3 is 5.73 Å². The van der Waals surface area contributed by atoms with Crippen LogP contribution in [0.3, 0.4) is 0 Å². The largest absolute Gasteiger partial charge is 0.399 e. The van der Waals surface area contributed by atoms with Crippen LogP contribution in [0, 0.1) is 0 Å². The van der Waals surface area contributed by atoms with Crippen LogP contribution in [0.15, 0.2) is 27.6 Å². The van der Waals surface area contributed by atoms with E-state index in [0.29, 0.717) is 29.3 Å². The Labute approximate surface area is 134 Å². The van der Waals surface area contributed by atoms with Crippen LogP contribution in [0.5, 0.6) is 0 Å². The number of nitrogen functional groups attached to an aromatic ring is 1. The molecule has 2 fully saturated rings. The van der Waals surface area contributed by atoms with E-state index in [9.17, 15) is 8.42 Å². The lowest BCUT2D eigenvalue weighted by Crippen LogP contribution is -2.39. The predicted octanol–water partition coefficient (Wildman–Crippen LogP) is 1.89. The van der Waals surface area contributed by atoms with E-state index in [1.54, 1.807) is 16.4 Å². The molecule has 2 aliphatic rings. The van der Waals surface area contributed by atoms with Gasteiger partial charge in [-0.15, -0.1) is 0 Å². The van der Waals surface area contributed by atoms with Crippen molar-refractivity contribution >= 4 is 31.6 Å². The van der Waals surface area contributed by atoms with Gasteiger partial charge in [0.1, 0.15) is 0 Å². The number of benzene rings is 1. The van der Waals surface area contributed by atoms with Crippen molar-refractivity contribution in [1.82, 2.24) is 9.21 Å². The van der Waals surface area contributed by atoms with E-state index in [0.717, 1.165) is 25.9 Å². The summed E-state index contributed by atoms with van der Waals surface area (Å²) in [5.74, 6) is 0. The maximum atomic E-state index is 12.9. The first-order valence-electron chi connectivity index (χ1n) is 7.28. The average Bonchev–Trinajstić information content (AvgIpc) is 2.78. The third-order valence-electron chi connectivity index (χ3n) is 4.34. The maximum absolute atomic E-state index is 12.9. The molecule has 0 amide bonds. The lowest BCUT2D eigenvalue weighted by molar-refractivity contribution is 0.257. The van der Waals surface area contributed by atoms with Gasteiger partial charge in [0.05, 0.1) is 4.90 Å². The Morgan fingerprint density at radius 3 is 2.76 bits per heavy atom. The minimum Gasteiger partial charge on any atom is -0.399 e. The normalized spacial score (nSPS) is 24.7. The van der Waals surface area contributed by atoms with Crippen molar-refractivity contribution in [1.29, 1.82) is 0 Å². The second-order valence-electron chi connectivity index (χ2n) is 5.74. The van der Waals surface area contributed by atoms with Crippen LogP contribution >= 0.6 is 15.9 Å². The highest BCUT2D eigenvalue weighted by Gasteiger charge is 2.35. The SMILES string of the molecule is Nc1ccc(Br)c(S(=O)(=O)N2CCCN3CCCC3C2)c1. The third-order valence-corrected chi connectivity index (χ3v) is 7.20. The predicted molar refractivity (Wildman–Crippen MR) is 86.5 cm³/mol. The fourth-order valence-corrected chi connectivity index (χ4v) is 5.72. The highest BCUT2D eigenvalue weighted by molar-refractivity contribution is 9.10. The number of anilines is 1. The smallest absolute Gasteiger partial charge is 0.244 e. The highest BCUT2D eigenvalue weighted by atomic mass is 79.9. The van der Waals surface area contributed by atoms with Gasteiger partial charge in [-0.1, -0.05) is 0 Å². The first-order valence-corrected chi connectivity index (χ1v) is 9.51. The molecule has 116 valence electrons. The molecule has 0 aliphatic carbocycles. The number of sulfonamides is 1. The van der Waals surface area contributed by atoms with Gasteiger partial charge in [0.25, 0.3) is 0 Å². The van der Waals surface area contributed by atoms with Gasteiger partial charge in [-0.25, -0.2) is 8.42 Å². The number of fused-ring (bicyclic) bond motifs is 1. The van der Waals surface area contributed by atoms with Crippen molar-refractivity contribution in [3.8, 4) is 0 Å². The van der Waals surface area contributed by atoms with E-state index in [2.05, 4.69) is 20.8 Å². The first kappa shape index (κ1) is 15.3. The Morgan fingerprint density at radius 1 is 1.19 bits per heavy atom. The standard InChI is InChI=1S/C14H20BrN3O2S/c15-13-5-4-11(16)9-14(13)21(19,20)18-8-2-7-17-6-1-3-12(17)10-18/h4-5,9,12H,1-3,6-8,10,16H2. The molecular weight excluding hydrogens is 354 g/mol. The summed E-state index contributed by atoms with van der Waals surface area (Å²) in [6.45, 7) is 3.26. The lowest BCUT2D eigenvalue weighted by Gasteiger charge is -2.25. The second-order valence-corrected chi connectivity index (χ2v) is 8.50. The zero-order valence-electron chi connectivity index (χ0n) is 11.8. The third kappa shape index (κ3) is 2.97. The molecule has 1 aromatic rings. The molecule has 3 rings (SSSR count). The van der Waals surface area contributed by atoms with E-state index < -0.39 is 10.0 Å². The minimum absolute atomic E-state index is 0.272. The molecule has 1 aromatic carbocycles. The number of hydrogen-bond donors (Lipinski definition) is 1. The zero-order valence-corrected chi connectivity index (χ0v) is 14.2. The lowest BCUT2D eigenvalue weighted by atomic mass is 10.2. The molecule has 2 saturated heterocycles. The average molecular weight is 374 g/mol. The van der Waals surface area contributed by atoms with Crippen molar-refractivity contribution in [3.05, 3.63) is 22.7 Å². The Hall–Kier alpha value is -0.630. The molecule has 0 spiro atoms. The summed E-state index contributed by atoms with van der Waals surface area (Å²) < 4.78 is 28.0. The van der Waals surface area contributed by atoms with Crippen LogP contribution in [0.4, 0.5) is 5.69 Å². The maximum Gasteiger partial charge on any atom is 0.244 e. The van der Waals surface area contributed by atoms with Gasteiger partial charge in [0.15, 0.2) is 0 Å². The molecule has 0 bridgehead atoms. The van der Waals surface area contributed by atoms with Crippen LogP contribution in [0.25, 0.3) is 0 Å². The number of nitrogens with two attached hydrogens (primary N) is 1. The molecule has 0 aromatic heterocycles. The Kier molecular flexibility index (Phi) is 4.27. The Bertz CT molecular complexity index is 635. The van der Waals surface area contributed by atoms with Crippen LogP contribution < -0.4 is 5.73 Å². The summed E-state index contributed by atoms with van der Waals surface area (Å²) in [7, 11) is -3.50. The van der Waals surface area contributed by atoms with E-state index in [4.69, 9.17) is 5.73 Å². The minimum atomic E-state index is -3.50. The summed E-state index contributed by atoms with van der Waals surface area (Å²) in [5, 5.41) is 0. The Balaban J connectivity index is 1.92. The van der Waals surface area contributed by atoms with E-state index >= 15 is 0 Å². The van der Waals surface area contributed by atoms with Crippen LogP contribution in [-0.4, -0.2) is 49.8 Å². The summed E-state index contributed by atoms with van der Waals surface area (Å²) in [5.41, 5.74) is 6.22. The second kappa shape index (κ2) is 5.87. The molecule has 1 unspecified atom stereocenters. The van der Waals surface area contributed by atoms with Crippen molar-refractivity contribution in [2.45, 2.75) is 30.2 Å². The Morgan fingerprint density at radius 2 is 1.95 bits per heavy atom. The van der Waals surface area contributed by atoms with Gasteiger partial charge in [-0.05, 0) is 66.5 Å². The van der Waals surface area contributed by atoms with Crippen LogP contribution in [0.2, 0.25) is 0 Å². The van der Waals surface area contributed by atoms with Gasteiger partial charge in [-0.3, -0.25) is 4.90 Å². The molecule has 2 heterocycles. The van der Waals surface area contributed by atoms with Gasteiger partial charge in [0.2, 0.25) is 10.0 Å². The molecule has 21 heavy (non-hydrogen) atoms. The first-order chi connectivity index (χ1) is 9.98. The molecule has 7 heteroatoms. The number of hydrogen-bond acceptors (Lipinski definition) is 4.